The van der Waals surface area contributed by atoms with Gasteiger partial charge in [-0.15, -0.1) is 0 Å². The summed E-state index contributed by atoms with van der Waals surface area (Å²) < 4.78 is 5.61. The first-order valence-electron chi connectivity index (χ1n) is 6.15. The molecule has 0 saturated carbocycles. The molecule has 0 atom stereocenters. The number of anilines is 2. The summed E-state index contributed by atoms with van der Waals surface area (Å²) in [4.78, 5) is 15.4. The van der Waals surface area contributed by atoms with Crippen molar-refractivity contribution in [3.63, 3.8) is 0 Å². The van der Waals surface area contributed by atoms with E-state index >= 15 is 0 Å². The quantitative estimate of drug-likeness (QED) is 0.743. The second-order valence-electron chi connectivity index (χ2n) is 4.08. The molecule has 3 aromatic rings. The molecular weight excluding hydrogens is 254 g/mol. The van der Waals surface area contributed by atoms with Crippen LogP contribution in [0.1, 0.15) is 5.56 Å². The lowest BCUT2D eigenvalue weighted by Gasteiger charge is -2.06. The first-order valence-corrected chi connectivity index (χ1v) is 6.15. The van der Waals surface area contributed by atoms with Crippen LogP contribution in [0.2, 0.25) is 0 Å². The van der Waals surface area contributed by atoms with E-state index in [4.69, 9.17) is 4.74 Å². The van der Waals surface area contributed by atoms with E-state index < -0.39 is 0 Å². The molecule has 0 unspecified atom stereocenters. The summed E-state index contributed by atoms with van der Waals surface area (Å²) in [6, 6.07) is 9.91. The fourth-order valence-electron chi connectivity index (χ4n) is 1.66. The van der Waals surface area contributed by atoms with Gasteiger partial charge in [-0.3, -0.25) is 4.98 Å². The molecule has 0 aliphatic heterocycles. The Morgan fingerprint density at radius 1 is 1.15 bits per heavy atom. The van der Waals surface area contributed by atoms with Crippen molar-refractivity contribution in [1.82, 2.24) is 19.9 Å². The van der Waals surface area contributed by atoms with E-state index in [1.165, 1.54) is 0 Å². The summed E-state index contributed by atoms with van der Waals surface area (Å²) >= 11 is 0. The fraction of sp³-hybridized carbons (Fsp3) is 0.0714. The first-order chi connectivity index (χ1) is 9.90. The van der Waals surface area contributed by atoms with E-state index in [0.29, 0.717) is 24.3 Å². The van der Waals surface area contributed by atoms with Crippen LogP contribution >= 0.6 is 0 Å². The average molecular weight is 267 g/mol. The summed E-state index contributed by atoms with van der Waals surface area (Å²) in [6.07, 6.45) is 6.57. The lowest BCUT2D eigenvalue weighted by Crippen LogP contribution is -2.01. The Morgan fingerprint density at radius 2 is 2.05 bits per heavy atom. The van der Waals surface area contributed by atoms with Crippen LogP contribution in [0.3, 0.4) is 0 Å². The molecule has 6 nitrogen and oxygen atoms in total. The van der Waals surface area contributed by atoms with E-state index in [2.05, 4.69) is 25.3 Å². The molecule has 0 aliphatic carbocycles. The lowest BCUT2D eigenvalue weighted by atomic mass is 10.2. The highest BCUT2D eigenvalue weighted by Gasteiger charge is 2.02. The highest BCUT2D eigenvalue weighted by Crippen LogP contribution is 2.13. The Balaban J connectivity index is 1.65. The maximum absolute atomic E-state index is 5.61. The van der Waals surface area contributed by atoms with Gasteiger partial charge in [0, 0.05) is 12.4 Å². The molecule has 100 valence electrons. The number of imidazole rings is 1. The third kappa shape index (κ3) is 3.11. The zero-order valence-electron chi connectivity index (χ0n) is 10.7. The van der Waals surface area contributed by atoms with Crippen molar-refractivity contribution >= 4 is 11.8 Å². The van der Waals surface area contributed by atoms with Crippen molar-refractivity contribution in [1.29, 1.82) is 0 Å². The second kappa shape index (κ2) is 5.83. The molecule has 0 spiro atoms. The third-order valence-electron chi connectivity index (χ3n) is 2.59. The zero-order valence-corrected chi connectivity index (χ0v) is 10.7. The Kier molecular flexibility index (Phi) is 3.55. The number of benzene rings is 1. The minimum atomic E-state index is 0.458. The van der Waals surface area contributed by atoms with Crippen LogP contribution in [0.25, 0.3) is 0 Å². The van der Waals surface area contributed by atoms with Crippen LogP contribution < -0.4 is 10.1 Å². The molecule has 6 heteroatoms. The normalized spacial score (nSPS) is 10.2. The average Bonchev–Trinajstić information content (AvgIpc) is 3.00. The molecule has 0 bridgehead atoms. The number of rotatable bonds is 5. The van der Waals surface area contributed by atoms with Crippen molar-refractivity contribution in [2.45, 2.75) is 6.61 Å². The smallest absolute Gasteiger partial charge is 0.234 e. The number of hydrogen-bond donors (Lipinski definition) is 2. The van der Waals surface area contributed by atoms with Crippen molar-refractivity contribution in [2.24, 2.45) is 0 Å². The van der Waals surface area contributed by atoms with Crippen molar-refractivity contribution in [3.05, 3.63) is 60.7 Å². The Labute approximate surface area is 115 Å². The first kappa shape index (κ1) is 12.2. The van der Waals surface area contributed by atoms with Crippen LogP contribution in [-0.4, -0.2) is 19.9 Å². The molecular formula is C14H13N5O. The molecule has 0 amide bonds. The lowest BCUT2D eigenvalue weighted by molar-refractivity contribution is 0.293. The van der Waals surface area contributed by atoms with Gasteiger partial charge in [0.15, 0.2) is 5.82 Å². The van der Waals surface area contributed by atoms with E-state index in [-0.39, 0.29) is 0 Å². The van der Waals surface area contributed by atoms with Crippen molar-refractivity contribution in [3.8, 4) is 5.88 Å². The molecule has 0 saturated heterocycles. The van der Waals surface area contributed by atoms with Gasteiger partial charge in [0.25, 0.3) is 0 Å². The molecule has 2 aromatic heterocycles. The van der Waals surface area contributed by atoms with Crippen molar-refractivity contribution in [2.75, 3.05) is 5.32 Å². The number of H-pyrrole nitrogens is 1. The minimum absolute atomic E-state index is 0.458. The highest BCUT2D eigenvalue weighted by atomic mass is 16.5. The maximum Gasteiger partial charge on any atom is 0.234 e. The molecule has 0 radical (unpaired) electrons. The summed E-state index contributed by atoms with van der Waals surface area (Å²) in [5.41, 5.74) is 1.08. The Hall–Kier alpha value is -2.89. The van der Waals surface area contributed by atoms with E-state index in [1.54, 1.807) is 24.8 Å². The molecule has 2 N–H and O–H groups in total. The van der Waals surface area contributed by atoms with Gasteiger partial charge in [-0.1, -0.05) is 30.3 Å². The molecule has 2 heterocycles. The topological polar surface area (TPSA) is 75.7 Å². The van der Waals surface area contributed by atoms with Gasteiger partial charge >= 0.3 is 0 Å². The number of hydrogen-bond acceptors (Lipinski definition) is 5. The maximum atomic E-state index is 5.61. The monoisotopic (exact) mass is 267 g/mol. The van der Waals surface area contributed by atoms with Gasteiger partial charge in [-0.25, -0.2) is 4.98 Å². The number of ether oxygens (including phenoxy) is 1. The molecule has 3 rings (SSSR count). The Morgan fingerprint density at radius 3 is 2.85 bits per heavy atom. The predicted molar refractivity (Wildman–Crippen MR) is 74.7 cm³/mol. The predicted octanol–water partition coefficient (Wildman–Crippen LogP) is 2.52. The number of nitrogens with zero attached hydrogens (tertiary/aromatic N) is 3. The van der Waals surface area contributed by atoms with Gasteiger partial charge in [0.1, 0.15) is 6.61 Å². The number of aromatic nitrogens is 4. The van der Waals surface area contributed by atoms with Gasteiger partial charge in [-0.05, 0) is 5.56 Å². The van der Waals surface area contributed by atoms with Crippen LogP contribution in [0.15, 0.2) is 55.1 Å². The zero-order chi connectivity index (χ0) is 13.6. The number of nitrogens with one attached hydrogen (secondary N) is 2. The molecule has 0 aliphatic rings. The van der Waals surface area contributed by atoms with Crippen LogP contribution in [0, 0.1) is 0 Å². The molecule has 20 heavy (non-hydrogen) atoms. The Bertz CT molecular complexity index is 654. The van der Waals surface area contributed by atoms with Crippen LogP contribution in [0.4, 0.5) is 11.8 Å². The summed E-state index contributed by atoms with van der Waals surface area (Å²) in [6.45, 7) is 0.458. The largest absolute Gasteiger partial charge is 0.472 e. The summed E-state index contributed by atoms with van der Waals surface area (Å²) in [7, 11) is 0. The highest BCUT2D eigenvalue weighted by molar-refractivity contribution is 5.46. The van der Waals surface area contributed by atoms with Crippen LogP contribution in [-0.2, 0) is 6.61 Å². The van der Waals surface area contributed by atoms with E-state index in [0.717, 1.165) is 5.56 Å². The van der Waals surface area contributed by atoms with Crippen LogP contribution in [0.5, 0.6) is 5.88 Å². The van der Waals surface area contributed by atoms with Gasteiger partial charge in [-0.2, -0.15) is 4.98 Å². The summed E-state index contributed by atoms with van der Waals surface area (Å²) in [5, 5.41) is 3.00. The number of aromatic amines is 1. The van der Waals surface area contributed by atoms with Crippen molar-refractivity contribution < 1.29 is 4.74 Å². The minimum Gasteiger partial charge on any atom is -0.472 e. The van der Waals surface area contributed by atoms with E-state index in [9.17, 15) is 0 Å². The SMILES string of the molecule is c1ccc(COc2cncc(Nc3ncc[nH]3)n2)cc1. The summed E-state index contributed by atoms with van der Waals surface area (Å²) in [5.74, 6) is 1.65. The molecule has 1 aromatic carbocycles. The third-order valence-corrected chi connectivity index (χ3v) is 2.59. The van der Waals surface area contributed by atoms with E-state index in [1.807, 2.05) is 30.3 Å². The van der Waals surface area contributed by atoms with Gasteiger partial charge in [0.05, 0.1) is 12.4 Å². The van der Waals surface area contributed by atoms with Gasteiger partial charge < -0.3 is 15.0 Å². The fourth-order valence-corrected chi connectivity index (χ4v) is 1.66. The standard InChI is InChI=1S/C14H13N5O/c1-2-4-11(5-3-1)10-20-13-9-15-8-12(18-13)19-14-16-6-7-17-14/h1-9H,10H2,(H2,16,17,18,19). The second-order valence-corrected chi connectivity index (χ2v) is 4.08. The molecule has 0 fully saturated rings. The van der Waals surface area contributed by atoms with Gasteiger partial charge in [0.2, 0.25) is 11.8 Å².